The molecule has 0 saturated heterocycles. The highest BCUT2D eigenvalue weighted by Crippen LogP contribution is 2.27. The van der Waals surface area contributed by atoms with Crippen LogP contribution < -0.4 is 5.56 Å². The highest BCUT2D eigenvalue weighted by Gasteiger charge is 2.15. The number of para-hydroxylation sites is 1. The molecule has 0 spiro atoms. The Morgan fingerprint density at radius 2 is 1.61 bits per heavy atom. The number of pyridine rings is 1. The van der Waals surface area contributed by atoms with Crippen LogP contribution in [-0.2, 0) is 0 Å². The Morgan fingerprint density at radius 1 is 0.957 bits per heavy atom. The quantitative estimate of drug-likeness (QED) is 0.614. The van der Waals surface area contributed by atoms with Gasteiger partial charge >= 0.3 is 0 Å². The van der Waals surface area contributed by atoms with Gasteiger partial charge in [0.2, 0.25) is 0 Å². The van der Waals surface area contributed by atoms with E-state index in [0.717, 1.165) is 28.0 Å². The Morgan fingerprint density at radius 3 is 2.30 bits per heavy atom. The second-order valence-electron chi connectivity index (χ2n) is 5.50. The van der Waals surface area contributed by atoms with Crippen LogP contribution in [0.3, 0.4) is 0 Å². The molecule has 4 aromatic rings. The molecular formula is C19H15N3O. The maximum atomic E-state index is 12.1. The molecule has 0 fully saturated rings. The van der Waals surface area contributed by atoms with Crippen LogP contribution in [0.15, 0.2) is 71.5 Å². The van der Waals surface area contributed by atoms with Gasteiger partial charge in [-0.05, 0) is 25.1 Å². The lowest BCUT2D eigenvalue weighted by Gasteiger charge is -2.02. The molecule has 1 N–H and O–H groups in total. The predicted octanol–water partition coefficient (Wildman–Crippen LogP) is 3.69. The van der Waals surface area contributed by atoms with E-state index in [1.807, 2.05) is 78.3 Å². The van der Waals surface area contributed by atoms with Crippen molar-refractivity contribution in [2.24, 2.45) is 0 Å². The summed E-state index contributed by atoms with van der Waals surface area (Å²) in [5.41, 5.74) is 4.97. The van der Waals surface area contributed by atoms with Crippen LogP contribution in [0.1, 0.15) is 5.56 Å². The van der Waals surface area contributed by atoms with E-state index in [1.165, 1.54) is 0 Å². The highest BCUT2D eigenvalue weighted by molar-refractivity contribution is 5.91. The maximum Gasteiger partial charge on any atom is 0.251 e. The number of hydrogen-bond acceptors (Lipinski definition) is 2. The fourth-order valence-corrected chi connectivity index (χ4v) is 2.73. The zero-order chi connectivity index (χ0) is 15.8. The molecule has 4 heteroatoms. The summed E-state index contributed by atoms with van der Waals surface area (Å²) in [6, 6.07) is 21.7. The number of nitrogens with one attached hydrogen (secondary N) is 1. The van der Waals surface area contributed by atoms with Crippen LogP contribution in [0, 0.1) is 6.92 Å². The first-order valence-corrected chi connectivity index (χ1v) is 7.47. The van der Waals surface area contributed by atoms with Crippen molar-refractivity contribution < 1.29 is 0 Å². The fraction of sp³-hybridized carbons (Fsp3) is 0.0526. The lowest BCUT2D eigenvalue weighted by molar-refractivity contribution is 0.914. The van der Waals surface area contributed by atoms with Gasteiger partial charge in [-0.3, -0.25) is 4.79 Å². The molecule has 0 saturated carbocycles. The van der Waals surface area contributed by atoms with E-state index in [4.69, 9.17) is 5.10 Å². The average molecular weight is 301 g/mol. The third-order valence-electron chi connectivity index (χ3n) is 3.92. The molecule has 23 heavy (non-hydrogen) atoms. The second kappa shape index (κ2) is 5.25. The van der Waals surface area contributed by atoms with Crippen molar-refractivity contribution in [3.05, 3.63) is 82.6 Å². The molecule has 4 rings (SSSR count). The smallest absolute Gasteiger partial charge is 0.251 e. The van der Waals surface area contributed by atoms with Crippen LogP contribution in [0.5, 0.6) is 0 Å². The topological polar surface area (TPSA) is 50.7 Å². The summed E-state index contributed by atoms with van der Waals surface area (Å²) in [5.74, 6) is 0. The number of rotatable bonds is 2. The number of nitrogens with zero attached hydrogens (tertiary/aromatic N) is 2. The highest BCUT2D eigenvalue weighted by atomic mass is 16.1. The van der Waals surface area contributed by atoms with E-state index in [0.29, 0.717) is 5.56 Å². The molecule has 2 heterocycles. The summed E-state index contributed by atoms with van der Waals surface area (Å²) in [6.07, 6.45) is 0. The van der Waals surface area contributed by atoms with Crippen molar-refractivity contribution in [2.75, 3.05) is 0 Å². The number of benzene rings is 2. The Balaban J connectivity index is 2.09. The molecule has 0 atom stereocenters. The first-order valence-electron chi connectivity index (χ1n) is 7.47. The Labute approximate surface area is 133 Å². The third kappa shape index (κ3) is 2.25. The minimum absolute atomic E-state index is 0.0812. The van der Waals surface area contributed by atoms with Gasteiger partial charge < -0.3 is 4.98 Å². The average Bonchev–Trinajstić information content (AvgIpc) is 2.95. The van der Waals surface area contributed by atoms with Crippen molar-refractivity contribution in [1.82, 2.24) is 14.8 Å². The molecule has 4 nitrogen and oxygen atoms in total. The first-order chi connectivity index (χ1) is 11.2. The number of aryl methyl sites for hydroxylation is 1. The molecule has 0 aliphatic heterocycles. The van der Waals surface area contributed by atoms with E-state index in [2.05, 4.69) is 4.98 Å². The van der Waals surface area contributed by atoms with Crippen LogP contribution in [-0.4, -0.2) is 14.8 Å². The molecule has 2 aromatic carbocycles. The normalized spacial score (nSPS) is 11.0. The number of aromatic amines is 1. The molecule has 2 aromatic heterocycles. The predicted molar refractivity (Wildman–Crippen MR) is 91.9 cm³/mol. The van der Waals surface area contributed by atoms with E-state index in [9.17, 15) is 4.79 Å². The summed E-state index contributed by atoms with van der Waals surface area (Å²) in [7, 11) is 0. The largest absolute Gasteiger partial charge is 0.319 e. The third-order valence-corrected chi connectivity index (χ3v) is 3.92. The van der Waals surface area contributed by atoms with E-state index >= 15 is 0 Å². The van der Waals surface area contributed by atoms with Gasteiger partial charge in [-0.25, -0.2) is 4.68 Å². The summed E-state index contributed by atoms with van der Waals surface area (Å²) in [4.78, 5) is 15.0. The van der Waals surface area contributed by atoms with Crippen LogP contribution in [0.25, 0.3) is 28.0 Å². The molecule has 0 aliphatic carbocycles. The number of aromatic nitrogens is 3. The van der Waals surface area contributed by atoms with Crippen LogP contribution in [0.2, 0.25) is 0 Å². The van der Waals surface area contributed by atoms with Gasteiger partial charge in [0.1, 0.15) is 5.69 Å². The number of fused-ring (bicyclic) bond motifs is 1. The van der Waals surface area contributed by atoms with Gasteiger partial charge in [0.15, 0.2) is 0 Å². The van der Waals surface area contributed by atoms with Gasteiger partial charge in [0.05, 0.1) is 16.7 Å². The summed E-state index contributed by atoms with van der Waals surface area (Å²) in [6.45, 7) is 1.81. The van der Waals surface area contributed by atoms with Gasteiger partial charge in [-0.1, -0.05) is 48.5 Å². The molecule has 0 radical (unpaired) electrons. The van der Waals surface area contributed by atoms with Gasteiger partial charge in [-0.2, -0.15) is 5.10 Å². The zero-order valence-electron chi connectivity index (χ0n) is 12.7. The summed E-state index contributed by atoms with van der Waals surface area (Å²) in [5, 5.41) is 4.76. The van der Waals surface area contributed by atoms with E-state index < -0.39 is 0 Å². The monoisotopic (exact) mass is 301 g/mol. The summed E-state index contributed by atoms with van der Waals surface area (Å²) < 4.78 is 1.88. The first kappa shape index (κ1) is 13.5. The van der Waals surface area contributed by atoms with Crippen molar-refractivity contribution in [3.63, 3.8) is 0 Å². The molecule has 0 aliphatic rings. The Kier molecular flexibility index (Phi) is 3.08. The SMILES string of the molecule is Cc1cc2c([nH]c1=O)c(-c1ccccc1)nn2-c1ccccc1. The van der Waals surface area contributed by atoms with Crippen molar-refractivity contribution >= 4 is 11.0 Å². The van der Waals surface area contributed by atoms with E-state index in [-0.39, 0.29) is 5.56 Å². The Bertz CT molecular complexity index is 1030. The van der Waals surface area contributed by atoms with E-state index in [1.54, 1.807) is 0 Å². The standard InChI is InChI=1S/C19H15N3O/c1-13-12-16-18(20-19(13)23)17(14-8-4-2-5-9-14)21-22(16)15-10-6-3-7-11-15/h2-12H,1H3,(H,20,23). The molecule has 0 amide bonds. The number of hydrogen-bond donors (Lipinski definition) is 1. The minimum atomic E-state index is -0.0812. The molecular weight excluding hydrogens is 286 g/mol. The van der Waals surface area contributed by atoms with Crippen molar-refractivity contribution in [2.45, 2.75) is 6.92 Å². The second-order valence-corrected chi connectivity index (χ2v) is 5.50. The summed E-state index contributed by atoms with van der Waals surface area (Å²) >= 11 is 0. The van der Waals surface area contributed by atoms with Gasteiger partial charge in [0.25, 0.3) is 5.56 Å². The maximum absolute atomic E-state index is 12.1. The van der Waals surface area contributed by atoms with Crippen molar-refractivity contribution in [3.8, 4) is 16.9 Å². The molecule has 0 bridgehead atoms. The van der Waals surface area contributed by atoms with Crippen LogP contribution in [0.4, 0.5) is 0 Å². The lowest BCUT2D eigenvalue weighted by atomic mass is 10.1. The number of H-pyrrole nitrogens is 1. The Hall–Kier alpha value is -3.14. The van der Waals surface area contributed by atoms with Crippen LogP contribution >= 0.6 is 0 Å². The van der Waals surface area contributed by atoms with Gasteiger partial charge in [-0.15, -0.1) is 0 Å². The molecule has 0 unspecified atom stereocenters. The van der Waals surface area contributed by atoms with Crippen molar-refractivity contribution in [1.29, 1.82) is 0 Å². The molecule has 112 valence electrons. The van der Waals surface area contributed by atoms with Gasteiger partial charge in [0, 0.05) is 11.1 Å². The fourth-order valence-electron chi connectivity index (χ4n) is 2.73. The zero-order valence-corrected chi connectivity index (χ0v) is 12.7. The minimum Gasteiger partial charge on any atom is -0.319 e. The lowest BCUT2D eigenvalue weighted by Crippen LogP contribution is -2.09.